The molecule has 1 aliphatic heterocycles. The van der Waals surface area contributed by atoms with Crippen molar-refractivity contribution in [1.29, 1.82) is 0 Å². The van der Waals surface area contributed by atoms with Gasteiger partial charge in [0.15, 0.2) is 11.2 Å². The molecule has 1 saturated heterocycles. The monoisotopic (exact) mass is 444 g/mol. The number of imide groups is 1. The minimum Gasteiger partial charge on any atom is -0.451 e. The van der Waals surface area contributed by atoms with Crippen LogP contribution in [-0.4, -0.2) is 51.9 Å². The second-order valence-corrected chi connectivity index (χ2v) is 8.51. The lowest BCUT2D eigenvalue weighted by Gasteiger charge is -2.17. The van der Waals surface area contributed by atoms with E-state index >= 15 is 0 Å². The summed E-state index contributed by atoms with van der Waals surface area (Å²) in [4.78, 5) is 53.6. The number of anilines is 1. The van der Waals surface area contributed by atoms with Crippen molar-refractivity contribution in [3.8, 4) is 11.3 Å². The second-order valence-electron chi connectivity index (χ2n) is 7.66. The van der Waals surface area contributed by atoms with Gasteiger partial charge in [0.25, 0.3) is 11.8 Å². The molecule has 0 aliphatic carbocycles. The first-order valence-electron chi connectivity index (χ1n) is 9.80. The van der Waals surface area contributed by atoms with E-state index in [2.05, 4.69) is 22.5 Å². The van der Waals surface area contributed by atoms with E-state index in [9.17, 15) is 19.2 Å². The predicted octanol–water partition coefficient (Wildman–Crippen LogP) is 2.57. The number of ether oxygens (including phenoxy) is 1. The number of hydrogen-bond acceptors (Lipinski definition) is 7. The molecule has 1 aliphatic rings. The van der Waals surface area contributed by atoms with Crippen molar-refractivity contribution in [3.63, 3.8) is 0 Å². The minimum absolute atomic E-state index is 0.373. The number of rotatable bonds is 7. The van der Waals surface area contributed by atoms with E-state index in [1.807, 2.05) is 29.6 Å². The summed E-state index contributed by atoms with van der Waals surface area (Å²) in [5, 5.41) is 7.29. The molecule has 0 spiro atoms. The molecular formula is C21H24N4O5S. The number of aromatic nitrogens is 1. The summed E-state index contributed by atoms with van der Waals surface area (Å²) >= 11 is 1.26. The molecule has 0 saturated carbocycles. The van der Waals surface area contributed by atoms with Gasteiger partial charge in [-0.25, -0.2) is 9.78 Å². The minimum atomic E-state index is -1.13. The van der Waals surface area contributed by atoms with Crippen LogP contribution < -0.4 is 10.6 Å². The Morgan fingerprint density at radius 3 is 2.52 bits per heavy atom. The fourth-order valence-corrected chi connectivity index (χ4v) is 3.68. The molecule has 2 N–H and O–H groups in total. The van der Waals surface area contributed by atoms with Crippen LogP contribution >= 0.6 is 11.3 Å². The van der Waals surface area contributed by atoms with Crippen LogP contribution in [0.3, 0.4) is 0 Å². The first-order chi connectivity index (χ1) is 14.6. The zero-order valence-corrected chi connectivity index (χ0v) is 18.5. The molecule has 1 aromatic heterocycles. The number of nitrogens with zero attached hydrogens (tertiary/aromatic N) is 2. The molecule has 1 fully saturated rings. The number of amides is 4. The Labute approximate surface area is 183 Å². The summed E-state index contributed by atoms with van der Waals surface area (Å²) in [5.41, 5.74) is 1.80. The molecule has 1 atom stereocenters. The van der Waals surface area contributed by atoms with Gasteiger partial charge in [0.1, 0.15) is 12.1 Å². The van der Waals surface area contributed by atoms with Gasteiger partial charge < -0.3 is 10.1 Å². The number of aryl methyl sites for hydroxylation is 1. The summed E-state index contributed by atoms with van der Waals surface area (Å²) < 4.78 is 5.08. The summed E-state index contributed by atoms with van der Waals surface area (Å²) in [6, 6.07) is 7.33. The van der Waals surface area contributed by atoms with Crippen LogP contribution in [0.5, 0.6) is 0 Å². The lowest BCUT2D eigenvalue weighted by Crippen LogP contribution is -2.42. The highest BCUT2D eigenvalue weighted by atomic mass is 32.1. The van der Waals surface area contributed by atoms with E-state index in [0.717, 1.165) is 22.6 Å². The smallest absolute Gasteiger partial charge is 0.327 e. The van der Waals surface area contributed by atoms with Gasteiger partial charge in [-0.05, 0) is 32.8 Å². The zero-order valence-electron chi connectivity index (χ0n) is 17.7. The van der Waals surface area contributed by atoms with E-state index in [1.54, 1.807) is 0 Å². The molecule has 3 rings (SSSR count). The number of carbonyl (C=O) groups excluding carboxylic acids is 4. The quantitative estimate of drug-likeness (QED) is 0.501. The van der Waals surface area contributed by atoms with Crippen LogP contribution in [0.2, 0.25) is 0 Å². The van der Waals surface area contributed by atoms with Crippen molar-refractivity contribution in [3.05, 3.63) is 35.2 Å². The van der Waals surface area contributed by atoms with Crippen molar-refractivity contribution in [2.45, 2.75) is 45.8 Å². The molecule has 4 amide bonds. The third-order valence-electron chi connectivity index (χ3n) is 4.80. The molecule has 10 heteroatoms. The molecule has 164 valence electrons. The predicted molar refractivity (Wildman–Crippen MR) is 115 cm³/mol. The van der Waals surface area contributed by atoms with Gasteiger partial charge in [-0.3, -0.25) is 24.6 Å². The Morgan fingerprint density at radius 1 is 1.26 bits per heavy atom. The molecule has 1 unspecified atom stereocenters. The van der Waals surface area contributed by atoms with Gasteiger partial charge in [0.2, 0.25) is 0 Å². The third-order valence-corrected chi connectivity index (χ3v) is 5.56. The van der Waals surface area contributed by atoms with Crippen molar-refractivity contribution in [2.75, 3.05) is 11.9 Å². The van der Waals surface area contributed by atoms with E-state index < -0.39 is 42.0 Å². The number of nitrogens with one attached hydrogen (secondary N) is 2. The zero-order chi connectivity index (χ0) is 22.8. The van der Waals surface area contributed by atoms with E-state index in [4.69, 9.17) is 4.74 Å². The highest BCUT2D eigenvalue weighted by Gasteiger charge is 2.45. The summed E-state index contributed by atoms with van der Waals surface area (Å²) in [6.45, 7) is 5.99. The van der Waals surface area contributed by atoms with Crippen LogP contribution in [0.15, 0.2) is 29.6 Å². The maximum atomic E-state index is 12.4. The van der Waals surface area contributed by atoms with Crippen LogP contribution in [0.4, 0.5) is 9.93 Å². The number of carbonyl (C=O) groups is 4. The van der Waals surface area contributed by atoms with Gasteiger partial charge in [0, 0.05) is 10.9 Å². The van der Waals surface area contributed by atoms with Crippen molar-refractivity contribution >= 4 is 40.3 Å². The Bertz CT molecular complexity index is 1020. The average Bonchev–Trinajstić information content (AvgIpc) is 3.26. The number of urea groups is 1. The molecular weight excluding hydrogens is 420 g/mol. The largest absolute Gasteiger partial charge is 0.451 e. The van der Waals surface area contributed by atoms with Crippen molar-refractivity contribution in [1.82, 2.24) is 15.2 Å². The summed E-state index contributed by atoms with van der Waals surface area (Å²) in [5.74, 6) is -1.96. The van der Waals surface area contributed by atoms with Crippen LogP contribution in [0, 0.1) is 0 Å². The molecule has 0 radical (unpaired) electrons. The average molecular weight is 445 g/mol. The summed E-state index contributed by atoms with van der Waals surface area (Å²) in [6.07, 6.45) is -0.179. The number of benzene rings is 1. The van der Waals surface area contributed by atoms with Crippen LogP contribution in [-0.2, 0) is 25.5 Å². The standard InChI is InChI=1S/C21H24N4O5S/c1-5-13-6-8-14(9-7-13)15-11-31-19(22-15)23-17(27)12(2)30-16(26)10-25-18(28)21(3,4)24-20(25)29/h6-9,11-12H,5,10H2,1-4H3,(H,24,29)(H,22,23,27). The van der Waals surface area contributed by atoms with E-state index in [0.29, 0.717) is 5.13 Å². The maximum absolute atomic E-state index is 12.4. The highest BCUT2D eigenvalue weighted by Crippen LogP contribution is 2.25. The lowest BCUT2D eigenvalue weighted by molar-refractivity contribution is -0.155. The summed E-state index contributed by atoms with van der Waals surface area (Å²) in [7, 11) is 0. The Hall–Kier alpha value is -3.27. The number of esters is 1. The van der Waals surface area contributed by atoms with Gasteiger partial charge in [0.05, 0.1) is 5.69 Å². The van der Waals surface area contributed by atoms with E-state index in [1.165, 1.54) is 37.7 Å². The molecule has 2 heterocycles. The topological polar surface area (TPSA) is 118 Å². The van der Waals surface area contributed by atoms with Gasteiger partial charge in [-0.15, -0.1) is 11.3 Å². The number of thiazole rings is 1. The first-order valence-corrected chi connectivity index (χ1v) is 10.7. The molecule has 31 heavy (non-hydrogen) atoms. The Morgan fingerprint density at radius 2 is 1.94 bits per heavy atom. The Balaban J connectivity index is 1.55. The fourth-order valence-electron chi connectivity index (χ4n) is 2.96. The first kappa shape index (κ1) is 22.4. The molecule has 1 aromatic carbocycles. The SMILES string of the molecule is CCc1ccc(-c2csc(NC(=O)C(C)OC(=O)CN3C(=O)NC(C)(C)C3=O)n2)cc1. The molecule has 2 aromatic rings. The number of hydrogen-bond donors (Lipinski definition) is 2. The van der Waals surface area contributed by atoms with Crippen LogP contribution in [0.25, 0.3) is 11.3 Å². The molecule has 0 bridgehead atoms. The van der Waals surface area contributed by atoms with Gasteiger partial charge in [-0.2, -0.15) is 0 Å². The van der Waals surface area contributed by atoms with Gasteiger partial charge in [-0.1, -0.05) is 31.2 Å². The molecule has 9 nitrogen and oxygen atoms in total. The normalized spacial score (nSPS) is 16.1. The second kappa shape index (κ2) is 8.84. The van der Waals surface area contributed by atoms with Crippen LogP contribution in [0.1, 0.15) is 33.3 Å². The highest BCUT2D eigenvalue weighted by molar-refractivity contribution is 7.14. The Kier molecular flexibility index (Phi) is 6.40. The van der Waals surface area contributed by atoms with Crippen molar-refractivity contribution < 1.29 is 23.9 Å². The lowest BCUT2D eigenvalue weighted by atomic mass is 10.1. The maximum Gasteiger partial charge on any atom is 0.327 e. The third kappa shape index (κ3) is 5.08. The van der Waals surface area contributed by atoms with E-state index in [-0.39, 0.29) is 0 Å². The van der Waals surface area contributed by atoms with Crippen molar-refractivity contribution in [2.24, 2.45) is 0 Å². The fraction of sp³-hybridized carbons (Fsp3) is 0.381. The van der Waals surface area contributed by atoms with Gasteiger partial charge >= 0.3 is 12.0 Å².